The van der Waals surface area contributed by atoms with Crippen LogP contribution in [0.25, 0.3) is 0 Å². The van der Waals surface area contributed by atoms with E-state index in [-0.39, 0.29) is 5.60 Å². The smallest absolute Gasteiger partial charge is 0.123 e. The first kappa shape index (κ1) is 17.5. The highest BCUT2D eigenvalue weighted by atomic mass is 16.5. The Bertz CT molecular complexity index is 752. The number of aliphatic hydroxyl groups is 1. The monoisotopic (exact) mass is 352 g/mol. The van der Waals surface area contributed by atoms with Gasteiger partial charge in [0, 0.05) is 19.2 Å². The summed E-state index contributed by atoms with van der Waals surface area (Å²) in [6.45, 7) is 7.30. The van der Waals surface area contributed by atoms with Gasteiger partial charge in [0.2, 0.25) is 0 Å². The molecule has 26 heavy (non-hydrogen) atoms. The lowest BCUT2D eigenvalue weighted by Gasteiger charge is -2.34. The molecule has 1 atom stereocenters. The van der Waals surface area contributed by atoms with Crippen LogP contribution in [0.5, 0.6) is 5.75 Å². The summed E-state index contributed by atoms with van der Waals surface area (Å²) in [5, 5.41) is 10.6. The van der Waals surface area contributed by atoms with Crippen LogP contribution in [0.15, 0.2) is 42.6 Å². The van der Waals surface area contributed by atoms with Crippen molar-refractivity contribution in [1.29, 1.82) is 0 Å². The van der Waals surface area contributed by atoms with Gasteiger partial charge in [-0.3, -0.25) is 9.88 Å². The van der Waals surface area contributed by atoms with Crippen molar-refractivity contribution in [3.63, 3.8) is 0 Å². The summed E-state index contributed by atoms with van der Waals surface area (Å²) < 4.78 is 5.97. The Morgan fingerprint density at radius 1 is 1.23 bits per heavy atom. The number of hydrogen-bond donors (Lipinski definition) is 1. The number of aliphatic hydroxyl groups excluding tert-OH is 1. The Morgan fingerprint density at radius 2 is 2.04 bits per heavy atom. The van der Waals surface area contributed by atoms with Crippen molar-refractivity contribution in [1.82, 2.24) is 9.88 Å². The van der Waals surface area contributed by atoms with E-state index >= 15 is 0 Å². The van der Waals surface area contributed by atoms with E-state index < -0.39 is 6.10 Å². The topological polar surface area (TPSA) is 45.6 Å². The lowest BCUT2D eigenvalue weighted by Crippen LogP contribution is -2.35. The highest BCUT2D eigenvalue weighted by Crippen LogP contribution is 2.36. The van der Waals surface area contributed by atoms with E-state index in [0.29, 0.717) is 5.92 Å². The molecule has 2 aliphatic heterocycles. The van der Waals surface area contributed by atoms with Crippen LogP contribution in [-0.4, -0.2) is 33.7 Å². The number of nitrogens with zero attached hydrogens (tertiary/aromatic N) is 2. The normalized spacial score (nSPS) is 21.2. The minimum absolute atomic E-state index is 0.0824. The molecular formula is C22H28N2O2. The molecule has 1 aromatic heterocycles. The molecule has 2 aromatic rings. The van der Waals surface area contributed by atoms with E-state index in [1.807, 2.05) is 18.2 Å². The number of hydrogen-bond acceptors (Lipinski definition) is 4. The summed E-state index contributed by atoms with van der Waals surface area (Å²) in [6, 6.07) is 12.4. The molecule has 2 aliphatic rings. The van der Waals surface area contributed by atoms with Crippen LogP contribution in [0, 0.1) is 5.92 Å². The quantitative estimate of drug-likeness (QED) is 0.910. The first-order valence-corrected chi connectivity index (χ1v) is 9.62. The molecule has 4 nitrogen and oxygen atoms in total. The lowest BCUT2D eigenvalue weighted by molar-refractivity contribution is 0.0540. The lowest BCUT2D eigenvalue weighted by atomic mass is 9.89. The van der Waals surface area contributed by atoms with Gasteiger partial charge in [0.05, 0.1) is 11.8 Å². The number of ether oxygens (including phenoxy) is 1. The molecule has 0 saturated carbocycles. The zero-order chi connectivity index (χ0) is 18.1. The van der Waals surface area contributed by atoms with Gasteiger partial charge in [-0.2, -0.15) is 0 Å². The summed E-state index contributed by atoms with van der Waals surface area (Å²) in [5.74, 6) is 1.34. The van der Waals surface area contributed by atoms with E-state index in [0.717, 1.165) is 50.3 Å². The summed E-state index contributed by atoms with van der Waals surface area (Å²) in [6.07, 6.45) is 4.32. The maximum absolute atomic E-state index is 10.6. The molecule has 1 saturated heterocycles. The Kier molecular flexibility index (Phi) is 4.72. The third-order valence-corrected chi connectivity index (χ3v) is 5.60. The maximum Gasteiger partial charge on any atom is 0.123 e. The summed E-state index contributed by atoms with van der Waals surface area (Å²) in [7, 11) is 0. The molecule has 1 N–H and O–H groups in total. The average molecular weight is 352 g/mol. The van der Waals surface area contributed by atoms with Gasteiger partial charge in [-0.25, -0.2) is 0 Å². The van der Waals surface area contributed by atoms with Crippen LogP contribution in [0.4, 0.5) is 0 Å². The van der Waals surface area contributed by atoms with Crippen molar-refractivity contribution < 1.29 is 9.84 Å². The van der Waals surface area contributed by atoms with Crippen molar-refractivity contribution in [2.24, 2.45) is 5.92 Å². The number of aromatic nitrogens is 1. The molecule has 0 radical (unpaired) electrons. The van der Waals surface area contributed by atoms with E-state index in [1.54, 1.807) is 6.20 Å². The minimum atomic E-state index is -0.447. The molecule has 0 amide bonds. The largest absolute Gasteiger partial charge is 0.487 e. The van der Waals surface area contributed by atoms with E-state index in [4.69, 9.17) is 4.74 Å². The SMILES string of the molecule is CC1(C)Cc2cc(CN3CCC(C(O)c4ccccn4)CC3)ccc2O1. The number of piperidine rings is 1. The van der Waals surface area contributed by atoms with Crippen molar-refractivity contribution in [3.8, 4) is 5.75 Å². The van der Waals surface area contributed by atoms with Gasteiger partial charge in [-0.05, 0) is 75.0 Å². The van der Waals surface area contributed by atoms with Gasteiger partial charge in [0.1, 0.15) is 11.4 Å². The molecule has 1 fully saturated rings. The van der Waals surface area contributed by atoms with Crippen LogP contribution in [0.2, 0.25) is 0 Å². The third-order valence-electron chi connectivity index (χ3n) is 5.60. The van der Waals surface area contributed by atoms with Crippen molar-refractivity contribution in [2.45, 2.75) is 51.4 Å². The summed E-state index contributed by atoms with van der Waals surface area (Å²) in [5.41, 5.74) is 3.40. The van der Waals surface area contributed by atoms with Gasteiger partial charge in [-0.1, -0.05) is 18.2 Å². The predicted molar refractivity (Wildman–Crippen MR) is 102 cm³/mol. The predicted octanol–water partition coefficient (Wildman–Crippen LogP) is 3.74. The number of pyridine rings is 1. The van der Waals surface area contributed by atoms with E-state index in [9.17, 15) is 5.11 Å². The van der Waals surface area contributed by atoms with Gasteiger partial charge >= 0.3 is 0 Å². The highest BCUT2D eigenvalue weighted by Gasteiger charge is 2.30. The number of rotatable bonds is 4. The van der Waals surface area contributed by atoms with Crippen LogP contribution in [-0.2, 0) is 13.0 Å². The fourth-order valence-corrected chi connectivity index (χ4v) is 4.24. The first-order valence-electron chi connectivity index (χ1n) is 9.62. The fourth-order valence-electron chi connectivity index (χ4n) is 4.24. The first-order chi connectivity index (χ1) is 12.5. The van der Waals surface area contributed by atoms with E-state index in [2.05, 4.69) is 41.9 Å². The Hall–Kier alpha value is -1.91. The molecule has 3 heterocycles. The van der Waals surface area contributed by atoms with Crippen molar-refractivity contribution >= 4 is 0 Å². The zero-order valence-electron chi connectivity index (χ0n) is 15.7. The number of likely N-dealkylation sites (tertiary alicyclic amines) is 1. The summed E-state index contributed by atoms with van der Waals surface area (Å²) >= 11 is 0. The zero-order valence-corrected chi connectivity index (χ0v) is 15.7. The molecule has 0 bridgehead atoms. The number of fused-ring (bicyclic) bond motifs is 1. The van der Waals surface area contributed by atoms with Gasteiger partial charge < -0.3 is 9.84 Å². The second-order valence-electron chi connectivity index (χ2n) is 8.29. The highest BCUT2D eigenvalue weighted by molar-refractivity contribution is 5.41. The molecule has 1 aromatic carbocycles. The molecule has 4 rings (SSSR count). The van der Waals surface area contributed by atoms with Gasteiger partial charge in [-0.15, -0.1) is 0 Å². The molecular weight excluding hydrogens is 324 g/mol. The van der Waals surface area contributed by atoms with Crippen molar-refractivity contribution in [3.05, 3.63) is 59.4 Å². The van der Waals surface area contributed by atoms with Crippen LogP contribution in [0.3, 0.4) is 0 Å². The second-order valence-corrected chi connectivity index (χ2v) is 8.29. The number of benzene rings is 1. The Balaban J connectivity index is 1.33. The van der Waals surface area contributed by atoms with Crippen molar-refractivity contribution in [2.75, 3.05) is 13.1 Å². The molecule has 0 spiro atoms. The van der Waals surface area contributed by atoms with Gasteiger partial charge in [0.25, 0.3) is 0 Å². The molecule has 138 valence electrons. The van der Waals surface area contributed by atoms with E-state index in [1.165, 1.54) is 11.1 Å². The standard InChI is InChI=1S/C22H28N2O2/c1-22(2)14-18-13-16(6-7-20(18)26-22)15-24-11-8-17(9-12-24)21(25)19-5-3-4-10-23-19/h3-7,10,13,17,21,25H,8-9,11-12,14-15H2,1-2H3. The maximum atomic E-state index is 10.6. The minimum Gasteiger partial charge on any atom is -0.487 e. The molecule has 4 heteroatoms. The Labute approximate surface area is 155 Å². The van der Waals surface area contributed by atoms with Crippen LogP contribution >= 0.6 is 0 Å². The van der Waals surface area contributed by atoms with Crippen LogP contribution in [0.1, 0.15) is 49.6 Å². The fraction of sp³-hybridized carbons (Fsp3) is 0.500. The molecule has 0 aliphatic carbocycles. The second kappa shape index (κ2) is 7.01. The Morgan fingerprint density at radius 3 is 2.77 bits per heavy atom. The van der Waals surface area contributed by atoms with Crippen LogP contribution < -0.4 is 4.74 Å². The van der Waals surface area contributed by atoms with Gasteiger partial charge in [0.15, 0.2) is 0 Å². The average Bonchev–Trinajstić information content (AvgIpc) is 2.95. The molecule has 1 unspecified atom stereocenters. The summed E-state index contributed by atoms with van der Waals surface area (Å²) in [4.78, 5) is 6.80. The third kappa shape index (κ3) is 3.76.